The van der Waals surface area contributed by atoms with Gasteiger partial charge in [0.2, 0.25) is 0 Å². The van der Waals surface area contributed by atoms with Gasteiger partial charge in [0.25, 0.3) is 0 Å². The van der Waals surface area contributed by atoms with Crippen molar-refractivity contribution in [2.75, 3.05) is 27.4 Å². The highest BCUT2D eigenvalue weighted by atomic mass is 16.6. The molecule has 0 spiro atoms. The van der Waals surface area contributed by atoms with E-state index < -0.39 is 23.9 Å². The van der Waals surface area contributed by atoms with E-state index in [1.165, 1.54) is 139 Å². The molecule has 0 heterocycles. The molecule has 0 amide bonds. The highest BCUT2D eigenvalue weighted by molar-refractivity contribution is 5.98. The van der Waals surface area contributed by atoms with Gasteiger partial charge in [0, 0.05) is 0 Å². The van der Waals surface area contributed by atoms with Crippen LogP contribution in [0, 0.1) is 0 Å². The molecule has 0 saturated carbocycles. The summed E-state index contributed by atoms with van der Waals surface area (Å²) in [4.78, 5) is 53.1. The first kappa shape index (κ1) is 58.5. The number of ether oxygens (including phenoxy) is 8. The molecule has 0 fully saturated rings. The Hall–Kier alpha value is -9.18. The van der Waals surface area contributed by atoms with E-state index in [1.54, 1.807) is 48.5 Å². The highest BCUT2D eigenvalue weighted by Crippen LogP contribution is 2.33. The van der Waals surface area contributed by atoms with E-state index in [0.29, 0.717) is 36.0 Å². The van der Waals surface area contributed by atoms with Crippen LogP contribution in [-0.4, -0.2) is 51.3 Å². The highest BCUT2D eigenvalue weighted by Gasteiger charge is 2.21. The van der Waals surface area contributed by atoms with E-state index >= 15 is 0 Å². The molecule has 414 valence electrons. The number of hydrogen-bond acceptors (Lipinski definition) is 16. The van der Waals surface area contributed by atoms with Crippen molar-refractivity contribution < 1.29 is 57.1 Å². The van der Waals surface area contributed by atoms with Crippen LogP contribution in [0.1, 0.15) is 132 Å². The molecule has 0 saturated heterocycles. The number of nitrogens with zero attached hydrogens (tertiary/aromatic N) is 4. The molecule has 0 aromatic heterocycles. The summed E-state index contributed by atoms with van der Waals surface area (Å²) in [6.07, 6.45) is 14.4. The van der Waals surface area contributed by atoms with Crippen molar-refractivity contribution in [2.45, 2.75) is 90.9 Å². The Morgan fingerprint density at radius 3 is 0.988 bits per heavy atom. The molecule has 0 unspecified atom stereocenters. The van der Waals surface area contributed by atoms with Crippen LogP contribution < -0.4 is 37.9 Å². The number of azo groups is 2. The summed E-state index contributed by atoms with van der Waals surface area (Å²) in [7, 11) is 2.72. The third kappa shape index (κ3) is 18.5. The second-order valence-corrected chi connectivity index (χ2v) is 18.5. The van der Waals surface area contributed by atoms with Crippen LogP contribution in [0.5, 0.6) is 46.0 Å². The van der Waals surface area contributed by atoms with Gasteiger partial charge in [-0.05, 0) is 165 Å². The summed E-state index contributed by atoms with van der Waals surface area (Å²) in [5.41, 5.74) is 2.73. The molecule has 0 atom stereocenters. The molecule has 80 heavy (non-hydrogen) atoms. The zero-order valence-corrected chi connectivity index (χ0v) is 45.6. The molecule has 0 bridgehead atoms. The van der Waals surface area contributed by atoms with Gasteiger partial charge in [0.1, 0.15) is 23.0 Å². The number of unbranched alkanes of at least 4 members (excludes halogenated alkanes) is 10. The lowest BCUT2D eigenvalue weighted by Gasteiger charge is -2.12. The van der Waals surface area contributed by atoms with Crippen LogP contribution in [0.15, 0.2) is 178 Å². The Kier molecular flexibility index (Phi) is 22.9. The first-order chi connectivity index (χ1) is 39.1. The van der Waals surface area contributed by atoms with E-state index in [9.17, 15) is 19.2 Å². The van der Waals surface area contributed by atoms with Crippen molar-refractivity contribution in [3.05, 3.63) is 180 Å². The minimum atomic E-state index is -0.819. The van der Waals surface area contributed by atoms with Gasteiger partial charge in [-0.1, -0.05) is 84.1 Å². The van der Waals surface area contributed by atoms with Crippen molar-refractivity contribution in [1.82, 2.24) is 0 Å². The minimum absolute atomic E-state index is 0.0105. The van der Waals surface area contributed by atoms with Crippen molar-refractivity contribution >= 4 is 46.6 Å². The SMILES string of the molecule is CCCCCCCCOc1ccc(N=Nc2ccc(OC(=O)c3ccc(OC(=O)c4cccc(C(=O)Oc5ccc(C(=O)Oc6ccc(N=Nc7ccc(OCCCCCCCC)cc7)cc6)cc5OC)c4)c(OC)c3)cc2)cc1. The molecule has 16 heteroatoms. The Bertz CT molecular complexity index is 2970. The van der Waals surface area contributed by atoms with Crippen LogP contribution in [-0.2, 0) is 0 Å². The molecule has 0 N–H and O–H groups in total. The van der Waals surface area contributed by atoms with Crippen molar-refractivity contribution in [3.63, 3.8) is 0 Å². The van der Waals surface area contributed by atoms with Crippen LogP contribution in [0.4, 0.5) is 22.7 Å². The zero-order valence-electron chi connectivity index (χ0n) is 45.6. The smallest absolute Gasteiger partial charge is 0.343 e. The van der Waals surface area contributed by atoms with Gasteiger partial charge in [0.15, 0.2) is 23.0 Å². The van der Waals surface area contributed by atoms with E-state index in [4.69, 9.17) is 37.9 Å². The largest absolute Gasteiger partial charge is 0.494 e. The Balaban J connectivity index is 0.861. The van der Waals surface area contributed by atoms with E-state index in [1.807, 2.05) is 48.5 Å². The van der Waals surface area contributed by atoms with Crippen LogP contribution in [0.3, 0.4) is 0 Å². The van der Waals surface area contributed by atoms with Gasteiger partial charge < -0.3 is 37.9 Å². The second kappa shape index (κ2) is 31.3. The second-order valence-electron chi connectivity index (χ2n) is 18.5. The summed E-state index contributed by atoms with van der Waals surface area (Å²) >= 11 is 0. The lowest BCUT2D eigenvalue weighted by Crippen LogP contribution is -2.14. The number of esters is 4. The fraction of sp³-hybridized carbons (Fsp3) is 0.281. The summed E-state index contributed by atoms with van der Waals surface area (Å²) in [6, 6.07) is 42.0. The van der Waals surface area contributed by atoms with E-state index in [0.717, 1.165) is 24.3 Å². The number of methoxy groups -OCH3 is 2. The Morgan fingerprint density at radius 1 is 0.325 bits per heavy atom. The van der Waals surface area contributed by atoms with Gasteiger partial charge in [0.05, 0.1) is 72.4 Å². The first-order valence-corrected chi connectivity index (χ1v) is 27.0. The quantitative estimate of drug-likeness (QED) is 0.0179. The first-order valence-electron chi connectivity index (χ1n) is 27.0. The molecular weight excluding hydrogens is 1020 g/mol. The predicted octanol–water partition coefficient (Wildman–Crippen LogP) is 16.9. The molecule has 0 aliphatic heterocycles. The lowest BCUT2D eigenvalue weighted by atomic mass is 10.1. The fourth-order valence-corrected chi connectivity index (χ4v) is 7.94. The molecule has 0 aliphatic carbocycles. The van der Waals surface area contributed by atoms with Crippen LogP contribution in [0.25, 0.3) is 0 Å². The van der Waals surface area contributed by atoms with Crippen LogP contribution >= 0.6 is 0 Å². The molecule has 7 aromatic carbocycles. The zero-order chi connectivity index (χ0) is 56.3. The molecule has 0 radical (unpaired) electrons. The van der Waals surface area contributed by atoms with Crippen molar-refractivity contribution in [1.29, 1.82) is 0 Å². The van der Waals surface area contributed by atoms with Gasteiger partial charge in [-0.25, -0.2) is 19.2 Å². The number of carbonyl (C=O) groups excluding carboxylic acids is 4. The van der Waals surface area contributed by atoms with Gasteiger partial charge in [-0.2, -0.15) is 20.5 Å². The number of hydrogen-bond donors (Lipinski definition) is 0. The fourth-order valence-electron chi connectivity index (χ4n) is 7.94. The number of benzene rings is 7. The Labute approximate surface area is 466 Å². The monoisotopic (exact) mass is 1080 g/mol. The molecule has 7 rings (SSSR count). The summed E-state index contributed by atoms with van der Waals surface area (Å²) in [5.74, 6) is -0.716. The molecular formula is C64H66N4O12. The van der Waals surface area contributed by atoms with E-state index in [2.05, 4.69) is 34.3 Å². The topological polar surface area (TPSA) is 192 Å². The van der Waals surface area contributed by atoms with Crippen LogP contribution in [0.2, 0.25) is 0 Å². The summed E-state index contributed by atoms with van der Waals surface area (Å²) < 4.78 is 45.1. The standard InChI is InChI=1S/C64H66N4O12/c1-5-7-9-11-13-15-40-75-53-30-22-49(23-31-53)65-67-51-26-34-55(35-27-51)77-61(69)47-20-38-57(59(43-47)73-3)79-63(71)45-18-17-19-46(42-45)64(72)80-58-39-21-48(44-60(58)74-4)62(70)78-56-36-28-52(29-37-56)68-66-50-24-32-54(33-25-50)76-41-16-14-12-10-8-6-2/h17-39,42-44H,5-16,40-41H2,1-4H3. The van der Waals surface area contributed by atoms with Gasteiger partial charge in [-0.15, -0.1) is 0 Å². The van der Waals surface area contributed by atoms with Crippen molar-refractivity contribution in [3.8, 4) is 46.0 Å². The normalized spacial score (nSPS) is 11.1. The summed E-state index contributed by atoms with van der Waals surface area (Å²) in [6.45, 7) is 5.79. The maximum absolute atomic E-state index is 13.4. The van der Waals surface area contributed by atoms with E-state index in [-0.39, 0.29) is 56.8 Å². The molecule has 16 nitrogen and oxygen atoms in total. The van der Waals surface area contributed by atoms with Gasteiger partial charge in [-0.3, -0.25) is 0 Å². The minimum Gasteiger partial charge on any atom is -0.494 e. The third-order valence-corrected chi connectivity index (χ3v) is 12.4. The Morgan fingerprint density at radius 2 is 0.637 bits per heavy atom. The maximum atomic E-state index is 13.4. The third-order valence-electron chi connectivity index (χ3n) is 12.4. The maximum Gasteiger partial charge on any atom is 0.343 e. The predicted molar refractivity (Wildman–Crippen MR) is 304 cm³/mol. The average Bonchev–Trinajstić information content (AvgIpc) is 3.50. The molecule has 0 aliphatic rings. The lowest BCUT2D eigenvalue weighted by molar-refractivity contribution is 0.0720. The van der Waals surface area contributed by atoms with Crippen molar-refractivity contribution in [2.24, 2.45) is 20.5 Å². The average molecular weight is 1080 g/mol. The molecule has 7 aromatic rings. The number of rotatable bonds is 30. The summed E-state index contributed by atoms with van der Waals surface area (Å²) in [5, 5.41) is 17.2. The number of carbonyl (C=O) groups is 4. The van der Waals surface area contributed by atoms with Gasteiger partial charge >= 0.3 is 23.9 Å².